The molecule has 0 aliphatic heterocycles. The Morgan fingerprint density at radius 1 is 0.941 bits per heavy atom. The van der Waals surface area contributed by atoms with Crippen LogP contribution >= 0.6 is 0 Å². The molecular formula is C14H25N3. The topological polar surface area (TPSA) is 32.5 Å². The molecule has 1 rings (SSSR count). The van der Waals surface area contributed by atoms with Crippen molar-refractivity contribution in [3.05, 3.63) is 24.3 Å². The van der Waals surface area contributed by atoms with Crippen LogP contribution in [0.15, 0.2) is 24.3 Å². The number of anilines is 2. The summed E-state index contributed by atoms with van der Waals surface area (Å²) in [5, 5.41) is 0. The molecule has 0 aromatic heterocycles. The summed E-state index contributed by atoms with van der Waals surface area (Å²) in [4.78, 5) is 4.77. The van der Waals surface area contributed by atoms with Crippen LogP contribution in [0, 0.1) is 0 Å². The Labute approximate surface area is 105 Å². The van der Waals surface area contributed by atoms with E-state index >= 15 is 0 Å². The number of para-hydroxylation sites is 2. The Morgan fingerprint density at radius 2 is 1.59 bits per heavy atom. The third-order valence-corrected chi connectivity index (χ3v) is 3.24. The minimum Gasteiger partial charge on any atom is -0.397 e. The highest BCUT2D eigenvalue weighted by Gasteiger charge is 2.08. The maximum atomic E-state index is 6.01. The fourth-order valence-electron chi connectivity index (χ4n) is 2.03. The lowest BCUT2D eigenvalue weighted by Gasteiger charge is -2.28. The zero-order chi connectivity index (χ0) is 12.7. The molecule has 2 N–H and O–H groups in total. The van der Waals surface area contributed by atoms with E-state index in [1.54, 1.807) is 0 Å². The van der Waals surface area contributed by atoms with Crippen LogP contribution < -0.4 is 10.6 Å². The summed E-state index contributed by atoms with van der Waals surface area (Å²) in [6.07, 6.45) is 0. The molecule has 0 aliphatic rings. The quantitative estimate of drug-likeness (QED) is 0.737. The molecule has 0 aliphatic carbocycles. The highest BCUT2D eigenvalue weighted by atomic mass is 15.2. The second kappa shape index (κ2) is 7.17. The van der Waals surface area contributed by atoms with Gasteiger partial charge in [-0.3, -0.25) is 0 Å². The van der Waals surface area contributed by atoms with Gasteiger partial charge in [-0.25, -0.2) is 0 Å². The van der Waals surface area contributed by atoms with Crippen molar-refractivity contribution in [3.63, 3.8) is 0 Å². The molecule has 0 radical (unpaired) electrons. The maximum absolute atomic E-state index is 6.01. The lowest BCUT2D eigenvalue weighted by Crippen LogP contribution is -2.35. The zero-order valence-corrected chi connectivity index (χ0v) is 11.3. The van der Waals surface area contributed by atoms with Crippen LogP contribution in [0.2, 0.25) is 0 Å². The molecule has 0 fully saturated rings. The third-order valence-electron chi connectivity index (χ3n) is 3.24. The molecule has 0 bridgehead atoms. The lowest BCUT2D eigenvalue weighted by atomic mass is 10.2. The summed E-state index contributed by atoms with van der Waals surface area (Å²) in [6.45, 7) is 11.9. The number of nitrogens with zero attached hydrogens (tertiary/aromatic N) is 2. The monoisotopic (exact) mass is 235 g/mol. The summed E-state index contributed by atoms with van der Waals surface area (Å²) < 4.78 is 0. The normalized spacial score (nSPS) is 10.8. The van der Waals surface area contributed by atoms with Crippen LogP contribution in [0.1, 0.15) is 20.8 Å². The van der Waals surface area contributed by atoms with Crippen LogP contribution in [0.4, 0.5) is 11.4 Å². The van der Waals surface area contributed by atoms with Gasteiger partial charge in [0.2, 0.25) is 0 Å². The first-order chi connectivity index (χ1) is 8.22. The number of hydrogen-bond acceptors (Lipinski definition) is 3. The van der Waals surface area contributed by atoms with Crippen molar-refractivity contribution in [2.24, 2.45) is 0 Å². The van der Waals surface area contributed by atoms with Crippen molar-refractivity contribution in [2.45, 2.75) is 20.8 Å². The lowest BCUT2D eigenvalue weighted by molar-refractivity contribution is 0.310. The average molecular weight is 235 g/mol. The Kier molecular flexibility index (Phi) is 5.84. The van der Waals surface area contributed by atoms with Crippen molar-refractivity contribution in [2.75, 3.05) is 43.4 Å². The fraction of sp³-hybridized carbons (Fsp3) is 0.571. The van der Waals surface area contributed by atoms with E-state index in [0.717, 1.165) is 44.1 Å². The Bertz CT molecular complexity index is 321. The molecule has 96 valence electrons. The summed E-state index contributed by atoms with van der Waals surface area (Å²) in [5.74, 6) is 0. The minimum absolute atomic E-state index is 0.869. The number of likely N-dealkylation sites (N-methyl/N-ethyl adjacent to an activating group) is 2. The molecule has 3 nitrogen and oxygen atoms in total. The summed E-state index contributed by atoms with van der Waals surface area (Å²) in [6, 6.07) is 8.10. The van der Waals surface area contributed by atoms with E-state index in [9.17, 15) is 0 Å². The molecule has 0 spiro atoms. The van der Waals surface area contributed by atoms with E-state index < -0.39 is 0 Å². The van der Waals surface area contributed by atoms with Gasteiger partial charge in [0.1, 0.15) is 0 Å². The molecular weight excluding hydrogens is 210 g/mol. The van der Waals surface area contributed by atoms with Crippen molar-refractivity contribution in [3.8, 4) is 0 Å². The highest BCUT2D eigenvalue weighted by molar-refractivity contribution is 5.67. The molecule has 0 atom stereocenters. The van der Waals surface area contributed by atoms with Gasteiger partial charge in [-0.15, -0.1) is 0 Å². The first-order valence-corrected chi connectivity index (χ1v) is 6.54. The van der Waals surface area contributed by atoms with Gasteiger partial charge in [-0.2, -0.15) is 0 Å². The molecule has 0 unspecified atom stereocenters. The van der Waals surface area contributed by atoms with Crippen LogP contribution in [0.3, 0.4) is 0 Å². The molecule has 0 saturated heterocycles. The Balaban J connectivity index is 2.63. The van der Waals surface area contributed by atoms with Gasteiger partial charge in [-0.05, 0) is 32.1 Å². The van der Waals surface area contributed by atoms with E-state index in [1.807, 2.05) is 18.2 Å². The van der Waals surface area contributed by atoms with E-state index in [-0.39, 0.29) is 0 Å². The number of nitrogen functional groups attached to an aromatic ring is 1. The van der Waals surface area contributed by atoms with Crippen LogP contribution in [-0.2, 0) is 0 Å². The van der Waals surface area contributed by atoms with Crippen molar-refractivity contribution >= 4 is 11.4 Å². The van der Waals surface area contributed by atoms with Gasteiger partial charge in [0, 0.05) is 19.6 Å². The largest absolute Gasteiger partial charge is 0.397 e. The predicted molar refractivity (Wildman–Crippen MR) is 76.5 cm³/mol. The molecule has 1 aromatic carbocycles. The van der Waals surface area contributed by atoms with Crippen molar-refractivity contribution in [1.29, 1.82) is 0 Å². The molecule has 17 heavy (non-hydrogen) atoms. The molecule has 0 saturated carbocycles. The van der Waals surface area contributed by atoms with Crippen molar-refractivity contribution in [1.82, 2.24) is 4.90 Å². The number of benzene rings is 1. The maximum Gasteiger partial charge on any atom is 0.0600 e. The minimum atomic E-state index is 0.869. The molecule has 0 heterocycles. The Hall–Kier alpha value is -1.22. The Morgan fingerprint density at radius 3 is 2.12 bits per heavy atom. The SMILES string of the molecule is CCN(CC)CCN(CC)c1ccccc1N. The fourth-order valence-corrected chi connectivity index (χ4v) is 2.03. The zero-order valence-electron chi connectivity index (χ0n) is 11.3. The third kappa shape index (κ3) is 3.93. The van der Waals surface area contributed by atoms with Crippen LogP contribution in [-0.4, -0.2) is 37.6 Å². The standard InChI is InChI=1S/C14H25N3/c1-4-16(5-2)11-12-17(6-3)14-10-8-7-9-13(14)15/h7-10H,4-6,11-12,15H2,1-3H3. The van der Waals surface area contributed by atoms with Gasteiger partial charge in [0.25, 0.3) is 0 Å². The number of nitrogens with two attached hydrogens (primary N) is 1. The summed E-state index contributed by atoms with van der Waals surface area (Å²) >= 11 is 0. The molecule has 1 aromatic rings. The van der Waals surface area contributed by atoms with Crippen LogP contribution in [0.25, 0.3) is 0 Å². The molecule has 0 amide bonds. The van der Waals surface area contributed by atoms with E-state index in [2.05, 4.69) is 36.6 Å². The van der Waals surface area contributed by atoms with Gasteiger partial charge in [-0.1, -0.05) is 26.0 Å². The van der Waals surface area contributed by atoms with Gasteiger partial charge >= 0.3 is 0 Å². The van der Waals surface area contributed by atoms with Gasteiger partial charge in [0.05, 0.1) is 11.4 Å². The first-order valence-electron chi connectivity index (χ1n) is 6.54. The van der Waals surface area contributed by atoms with E-state index in [0.29, 0.717) is 0 Å². The average Bonchev–Trinajstić information content (AvgIpc) is 2.36. The van der Waals surface area contributed by atoms with E-state index in [1.165, 1.54) is 0 Å². The first kappa shape index (κ1) is 13.8. The second-order valence-electron chi connectivity index (χ2n) is 4.17. The van der Waals surface area contributed by atoms with E-state index in [4.69, 9.17) is 5.73 Å². The van der Waals surface area contributed by atoms with Crippen LogP contribution in [0.5, 0.6) is 0 Å². The number of rotatable bonds is 7. The second-order valence-corrected chi connectivity index (χ2v) is 4.17. The van der Waals surface area contributed by atoms with Gasteiger partial charge in [0.15, 0.2) is 0 Å². The number of hydrogen-bond donors (Lipinski definition) is 1. The summed E-state index contributed by atoms with van der Waals surface area (Å²) in [7, 11) is 0. The predicted octanol–water partition coefficient (Wildman–Crippen LogP) is 2.44. The summed E-state index contributed by atoms with van der Waals surface area (Å²) in [5.41, 5.74) is 8.04. The van der Waals surface area contributed by atoms with Crippen molar-refractivity contribution < 1.29 is 0 Å². The molecule has 3 heteroatoms. The highest BCUT2D eigenvalue weighted by Crippen LogP contribution is 2.21. The van der Waals surface area contributed by atoms with Gasteiger partial charge < -0.3 is 15.5 Å². The smallest absolute Gasteiger partial charge is 0.0600 e.